The van der Waals surface area contributed by atoms with E-state index < -0.39 is 0 Å². The standard InChI is InChI=1S/C13H13ClO4/c1-2-16-13(15)5-3-4-9-6-11-12(7-10(9)14)18-8-17-11/h3-4,6-7H,2,5,8H2,1H3. The number of halogens is 1. The molecule has 0 amide bonds. The summed E-state index contributed by atoms with van der Waals surface area (Å²) in [4.78, 5) is 11.2. The van der Waals surface area contributed by atoms with Crippen molar-refractivity contribution in [1.82, 2.24) is 0 Å². The van der Waals surface area contributed by atoms with Gasteiger partial charge in [-0.25, -0.2) is 0 Å². The molecule has 0 bridgehead atoms. The van der Waals surface area contributed by atoms with E-state index in [0.29, 0.717) is 23.1 Å². The van der Waals surface area contributed by atoms with Gasteiger partial charge in [-0.15, -0.1) is 0 Å². The van der Waals surface area contributed by atoms with Gasteiger partial charge in [0.25, 0.3) is 0 Å². The fourth-order valence-corrected chi connectivity index (χ4v) is 1.78. The van der Waals surface area contributed by atoms with Gasteiger partial charge in [0.2, 0.25) is 6.79 Å². The molecule has 0 radical (unpaired) electrons. The summed E-state index contributed by atoms with van der Waals surface area (Å²) in [7, 11) is 0. The minimum atomic E-state index is -0.259. The molecule has 96 valence electrons. The Morgan fingerprint density at radius 2 is 2.17 bits per heavy atom. The monoisotopic (exact) mass is 268 g/mol. The van der Waals surface area contributed by atoms with Gasteiger partial charge < -0.3 is 14.2 Å². The molecule has 1 aromatic rings. The molecule has 4 nitrogen and oxygen atoms in total. The normalized spacial score (nSPS) is 13.0. The lowest BCUT2D eigenvalue weighted by molar-refractivity contribution is -0.142. The first-order valence-electron chi connectivity index (χ1n) is 5.62. The molecule has 0 N–H and O–H groups in total. The second-order valence-corrected chi connectivity index (χ2v) is 4.05. The van der Waals surface area contributed by atoms with E-state index >= 15 is 0 Å². The molecule has 1 aliphatic rings. The van der Waals surface area contributed by atoms with E-state index in [-0.39, 0.29) is 19.2 Å². The molecule has 1 heterocycles. The number of benzene rings is 1. The van der Waals surface area contributed by atoms with Gasteiger partial charge in [-0.3, -0.25) is 4.79 Å². The number of fused-ring (bicyclic) bond motifs is 1. The number of rotatable bonds is 4. The topological polar surface area (TPSA) is 44.8 Å². The Bertz CT molecular complexity index is 482. The highest BCUT2D eigenvalue weighted by atomic mass is 35.5. The van der Waals surface area contributed by atoms with Crippen LogP contribution in [0.4, 0.5) is 0 Å². The Morgan fingerprint density at radius 3 is 2.89 bits per heavy atom. The van der Waals surface area contributed by atoms with E-state index in [4.69, 9.17) is 25.8 Å². The van der Waals surface area contributed by atoms with Gasteiger partial charge in [0.05, 0.1) is 18.1 Å². The van der Waals surface area contributed by atoms with Gasteiger partial charge in [-0.05, 0) is 18.6 Å². The summed E-state index contributed by atoms with van der Waals surface area (Å²) in [6, 6.07) is 3.49. The van der Waals surface area contributed by atoms with Crippen molar-refractivity contribution in [2.75, 3.05) is 13.4 Å². The average molecular weight is 269 g/mol. The van der Waals surface area contributed by atoms with Crippen molar-refractivity contribution in [1.29, 1.82) is 0 Å². The molecule has 0 saturated carbocycles. The number of carbonyl (C=O) groups excluding carboxylic acids is 1. The molecule has 0 spiro atoms. The Hall–Kier alpha value is -1.68. The summed E-state index contributed by atoms with van der Waals surface area (Å²) in [6.07, 6.45) is 3.70. The molecule has 2 rings (SSSR count). The van der Waals surface area contributed by atoms with Crippen LogP contribution in [0.5, 0.6) is 11.5 Å². The highest BCUT2D eigenvalue weighted by molar-refractivity contribution is 6.32. The van der Waals surface area contributed by atoms with Crippen LogP contribution in [-0.2, 0) is 9.53 Å². The Balaban J connectivity index is 2.05. The molecule has 0 unspecified atom stereocenters. The maximum atomic E-state index is 11.2. The zero-order chi connectivity index (χ0) is 13.0. The van der Waals surface area contributed by atoms with E-state index in [1.807, 2.05) is 0 Å². The van der Waals surface area contributed by atoms with Gasteiger partial charge in [0.15, 0.2) is 11.5 Å². The van der Waals surface area contributed by atoms with Crippen molar-refractivity contribution in [3.8, 4) is 11.5 Å². The summed E-state index contributed by atoms with van der Waals surface area (Å²) in [5, 5.41) is 0.555. The van der Waals surface area contributed by atoms with Gasteiger partial charge in [-0.2, -0.15) is 0 Å². The van der Waals surface area contributed by atoms with Gasteiger partial charge in [-0.1, -0.05) is 23.8 Å². The van der Waals surface area contributed by atoms with Crippen LogP contribution in [0.1, 0.15) is 18.9 Å². The molecule has 0 fully saturated rings. The molecule has 0 aliphatic carbocycles. The second kappa shape index (κ2) is 5.78. The summed E-state index contributed by atoms with van der Waals surface area (Å²) < 4.78 is 15.3. The highest BCUT2D eigenvalue weighted by Gasteiger charge is 2.15. The predicted octanol–water partition coefficient (Wildman–Crippen LogP) is 3.04. The molecule has 0 saturated heterocycles. The Labute approximate surface area is 110 Å². The number of carbonyl (C=O) groups is 1. The van der Waals surface area contributed by atoms with Crippen LogP contribution in [0.2, 0.25) is 5.02 Å². The molecule has 0 atom stereocenters. The number of esters is 1. The highest BCUT2D eigenvalue weighted by Crippen LogP contribution is 2.37. The zero-order valence-corrected chi connectivity index (χ0v) is 10.7. The van der Waals surface area contributed by atoms with E-state index in [1.54, 1.807) is 31.2 Å². The molecular weight excluding hydrogens is 256 g/mol. The summed E-state index contributed by atoms with van der Waals surface area (Å²) in [5.41, 5.74) is 0.783. The van der Waals surface area contributed by atoms with Gasteiger partial charge in [0.1, 0.15) is 0 Å². The minimum absolute atomic E-state index is 0.210. The number of ether oxygens (including phenoxy) is 3. The quantitative estimate of drug-likeness (QED) is 0.788. The third-order valence-electron chi connectivity index (χ3n) is 2.38. The lowest BCUT2D eigenvalue weighted by Crippen LogP contribution is -2.01. The first-order valence-corrected chi connectivity index (χ1v) is 6.00. The molecular formula is C13H13ClO4. The minimum Gasteiger partial charge on any atom is -0.466 e. The first-order chi connectivity index (χ1) is 8.70. The van der Waals surface area contributed by atoms with Crippen LogP contribution in [0.15, 0.2) is 18.2 Å². The lowest BCUT2D eigenvalue weighted by Gasteiger charge is -2.01. The van der Waals surface area contributed by atoms with E-state index in [2.05, 4.69) is 0 Å². The van der Waals surface area contributed by atoms with Crippen molar-refractivity contribution in [2.24, 2.45) is 0 Å². The maximum Gasteiger partial charge on any atom is 0.309 e. The second-order valence-electron chi connectivity index (χ2n) is 3.64. The van der Waals surface area contributed by atoms with Crippen LogP contribution < -0.4 is 9.47 Å². The predicted molar refractivity (Wildman–Crippen MR) is 67.9 cm³/mol. The summed E-state index contributed by atoms with van der Waals surface area (Å²) >= 11 is 6.08. The lowest BCUT2D eigenvalue weighted by atomic mass is 10.1. The van der Waals surface area contributed by atoms with Crippen LogP contribution in [0, 0.1) is 0 Å². The summed E-state index contributed by atoms with van der Waals surface area (Å²) in [5.74, 6) is 1.04. The van der Waals surface area contributed by atoms with Crippen LogP contribution in [0.3, 0.4) is 0 Å². The Morgan fingerprint density at radius 1 is 1.44 bits per heavy atom. The molecule has 1 aromatic carbocycles. The molecule has 0 aromatic heterocycles. The van der Waals surface area contributed by atoms with Gasteiger partial charge >= 0.3 is 5.97 Å². The fourth-order valence-electron chi connectivity index (χ4n) is 1.56. The average Bonchev–Trinajstić information content (AvgIpc) is 2.76. The van der Waals surface area contributed by atoms with Crippen LogP contribution in [0.25, 0.3) is 6.08 Å². The first kappa shape index (κ1) is 12.8. The SMILES string of the molecule is CCOC(=O)CC=Cc1cc2c(cc1Cl)OCO2. The third kappa shape index (κ3) is 2.96. The number of hydrogen-bond donors (Lipinski definition) is 0. The fraction of sp³-hybridized carbons (Fsp3) is 0.308. The number of hydrogen-bond acceptors (Lipinski definition) is 4. The van der Waals surface area contributed by atoms with Gasteiger partial charge in [0, 0.05) is 6.07 Å². The maximum absolute atomic E-state index is 11.2. The van der Waals surface area contributed by atoms with E-state index in [0.717, 1.165) is 5.56 Å². The Kier molecular flexibility index (Phi) is 4.10. The van der Waals surface area contributed by atoms with Crippen LogP contribution in [-0.4, -0.2) is 19.4 Å². The molecule has 18 heavy (non-hydrogen) atoms. The zero-order valence-electron chi connectivity index (χ0n) is 9.94. The van der Waals surface area contributed by atoms with Crippen LogP contribution >= 0.6 is 11.6 Å². The van der Waals surface area contributed by atoms with Crippen molar-refractivity contribution in [2.45, 2.75) is 13.3 Å². The smallest absolute Gasteiger partial charge is 0.309 e. The third-order valence-corrected chi connectivity index (χ3v) is 2.71. The van der Waals surface area contributed by atoms with Crippen molar-refractivity contribution < 1.29 is 19.0 Å². The largest absolute Gasteiger partial charge is 0.466 e. The van der Waals surface area contributed by atoms with E-state index in [1.165, 1.54) is 0 Å². The molecule has 1 aliphatic heterocycles. The van der Waals surface area contributed by atoms with E-state index in [9.17, 15) is 4.79 Å². The van der Waals surface area contributed by atoms with Crippen molar-refractivity contribution in [3.05, 3.63) is 28.8 Å². The molecule has 5 heteroatoms. The van der Waals surface area contributed by atoms with Crippen molar-refractivity contribution in [3.63, 3.8) is 0 Å². The summed E-state index contributed by atoms with van der Waals surface area (Å²) in [6.45, 7) is 2.37. The van der Waals surface area contributed by atoms with Crippen molar-refractivity contribution >= 4 is 23.6 Å².